The summed E-state index contributed by atoms with van der Waals surface area (Å²) in [6.07, 6.45) is 1.15. The van der Waals surface area contributed by atoms with Crippen molar-refractivity contribution in [3.05, 3.63) is 36.5 Å². The Morgan fingerprint density at radius 3 is 2.70 bits per heavy atom. The van der Waals surface area contributed by atoms with Gasteiger partial charge in [-0.1, -0.05) is 0 Å². The number of ether oxygens (including phenoxy) is 1. The van der Waals surface area contributed by atoms with Gasteiger partial charge in [-0.2, -0.15) is 8.78 Å². The molecular formula is C14H16F4N4O. The molecule has 0 amide bonds. The maximum atomic E-state index is 12.7. The van der Waals surface area contributed by atoms with Crippen LogP contribution in [0.4, 0.5) is 23.2 Å². The molecule has 1 N–H and O–H groups in total. The van der Waals surface area contributed by atoms with Crippen LogP contribution in [0.15, 0.2) is 30.7 Å². The van der Waals surface area contributed by atoms with Crippen molar-refractivity contribution in [2.24, 2.45) is 0 Å². The molecule has 0 aromatic carbocycles. The first kappa shape index (κ1) is 17.0. The Morgan fingerprint density at radius 1 is 1.30 bits per heavy atom. The first-order chi connectivity index (χ1) is 10.9. The number of hydrogen-bond donors (Lipinski definition) is 1. The Balaban J connectivity index is 1.87. The van der Waals surface area contributed by atoms with Crippen molar-refractivity contribution < 1.29 is 22.3 Å². The fourth-order valence-electron chi connectivity index (χ4n) is 1.78. The van der Waals surface area contributed by atoms with Crippen molar-refractivity contribution in [2.45, 2.75) is 32.4 Å². The summed E-state index contributed by atoms with van der Waals surface area (Å²) in [5.41, 5.74) is 0.628. The lowest BCUT2D eigenvalue weighted by Gasteiger charge is -2.15. The average molecular weight is 332 g/mol. The van der Waals surface area contributed by atoms with E-state index in [1.165, 1.54) is 12.3 Å². The second-order valence-electron chi connectivity index (χ2n) is 4.72. The number of nitrogens with zero attached hydrogens (tertiary/aromatic N) is 3. The quantitative estimate of drug-likeness (QED) is 0.755. The van der Waals surface area contributed by atoms with Gasteiger partial charge >= 0.3 is 12.3 Å². The standard InChI is InChI=1S/C14H16F4N4O/c1-2-22-6-5-19-11(22)8-20-10-3-4-12(21-7-10)23-9-14(17,18)13(15)16/h3-7,13,20H,2,8-9H2,1H3. The molecule has 9 heteroatoms. The van der Waals surface area contributed by atoms with E-state index < -0.39 is 19.0 Å². The van der Waals surface area contributed by atoms with Gasteiger partial charge in [0, 0.05) is 25.0 Å². The van der Waals surface area contributed by atoms with E-state index in [0.717, 1.165) is 12.4 Å². The van der Waals surface area contributed by atoms with E-state index in [4.69, 9.17) is 0 Å². The summed E-state index contributed by atoms with van der Waals surface area (Å²) in [6.45, 7) is 1.83. The molecular weight excluding hydrogens is 316 g/mol. The fraction of sp³-hybridized carbons (Fsp3) is 0.429. The van der Waals surface area contributed by atoms with Gasteiger partial charge in [-0.3, -0.25) is 0 Å². The van der Waals surface area contributed by atoms with Crippen LogP contribution < -0.4 is 10.1 Å². The van der Waals surface area contributed by atoms with Gasteiger partial charge in [0.1, 0.15) is 5.82 Å². The van der Waals surface area contributed by atoms with Crippen molar-refractivity contribution >= 4 is 5.69 Å². The normalized spacial score (nSPS) is 11.7. The SMILES string of the molecule is CCn1ccnc1CNc1ccc(OCC(F)(F)C(F)F)nc1. The van der Waals surface area contributed by atoms with Crippen LogP contribution in [-0.4, -0.2) is 33.5 Å². The highest BCUT2D eigenvalue weighted by atomic mass is 19.3. The molecule has 0 spiro atoms. The minimum atomic E-state index is -4.20. The second kappa shape index (κ2) is 7.30. The van der Waals surface area contributed by atoms with Crippen LogP contribution in [0, 0.1) is 0 Å². The average Bonchev–Trinajstić information content (AvgIpc) is 2.99. The van der Waals surface area contributed by atoms with Gasteiger partial charge < -0.3 is 14.6 Å². The topological polar surface area (TPSA) is 52.0 Å². The third-order valence-electron chi connectivity index (χ3n) is 3.06. The van der Waals surface area contributed by atoms with E-state index in [9.17, 15) is 17.6 Å². The van der Waals surface area contributed by atoms with Gasteiger partial charge in [0.25, 0.3) is 0 Å². The molecule has 0 saturated heterocycles. The van der Waals surface area contributed by atoms with Crippen molar-refractivity contribution in [1.29, 1.82) is 0 Å². The molecule has 0 radical (unpaired) electrons. The predicted molar refractivity (Wildman–Crippen MR) is 75.9 cm³/mol. The molecule has 126 valence electrons. The molecule has 5 nitrogen and oxygen atoms in total. The third-order valence-corrected chi connectivity index (χ3v) is 3.06. The van der Waals surface area contributed by atoms with Crippen LogP contribution in [0.5, 0.6) is 5.88 Å². The first-order valence-electron chi connectivity index (χ1n) is 6.91. The monoisotopic (exact) mass is 332 g/mol. The summed E-state index contributed by atoms with van der Waals surface area (Å²) in [6, 6.07) is 2.89. The molecule has 0 aliphatic heterocycles. The van der Waals surface area contributed by atoms with Crippen LogP contribution in [-0.2, 0) is 13.1 Å². The molecule has 0 aliphatic carbocycles. The molecule has 2 aromatic heterocycles. The second-order valence-corrected chi connectivity index (χ2v) is 4.72. The fourth-order valence-corrected chi connectivity index (χ4v) is 1.78. The zero-order valence-electron chi connectivity index (χ0n) is 12.3. The summed E-state index contributed by atoms with van der Waals surface area (Å²) in [4.78, 5) is 7.99. The molecule has 0 unspecified atom stereocenters. The third kappa shape index (κ3) is 4.57. The zero-order chi connectivity index (χ0) is 16.9. The van der Waals surface area contributed by atoms with Crippen molar-refractivity contribution in [3.63, 3.8) is 0 Å². The molecule has 0 atom stereocenters. The Hall–Kier alpha value is -2.32. The van der Waals surface area contributed by atoms with E-state index in [1.807, 2.05) is 17.7 Å². The van der Waals surface area contributed by atoms with Gasteiger partial charge in [0.05, 0.1) is 18.4 Å². The van der Waals surface area contributed by atoms with E-state index in [1.54, 1.807) is 12.3 Å². The molecule has 23 heavy (non-hydrogen) atoms. The summed E-state index contributed by atoms with van der Waals surface area (Å²) in [5, 5.41) is 3.07. The highest BCUT2D eigenvalue weighted by Crippen LogP contribution is 2.24. The van der Waals surface area contributed by atoms with Crippen molar-refractivity contribution in [3.8, 4) is 5.88 Å². The molecule has 2 aromatic rings. The molecule has 0 fully saturated rings. The van der Waals surface area contributed by atoms with Gasteiger partial charge in [0.15, 0.2) is 6.61 Å². The number of nitrogens with one attached hydrogen (secondary N) is 1. The lowest BCUT2D eigenvalue weighted by Crippen LogP contribution is -2.33. The van der Waals surface area contributed by atoms with Crippen LogP contribution in [0.1, 0.15) is 12.7 Å². The van der Waals surface area contributed by atoms with Crippen LogP contribution in [0.25, 0.3) is 0 Å². The Kier molecular flexibility index (Phi) is 5.41. The number of halogens is 4. The highest BCUT2D eigenvalue weighted by Gasteiger charge is 2.41. The summed E-state index contributed by atoms with van der Waals surface area (Å²) in [7, 11) is 0. The van der Waals surface area contributed by atoms with Gasteiger partial charge in [0.2, 0.25) is 5.88 Å². The Morgan fingerprint density at radius 2 is 2.09 bits per heavy atom. The number of anilines is 1. The Labute approximate surface area is 130 Å². The van der Waals surface area contributed by atoms with Crippen molar-refractivity contribution in [2.75, 3.05) is 11.9 Å². The van der Waals surface area contributed by atoms with Crippen LogP contribution in [0.2, 0.25) is 0 Å². The van der Waals surface area contributed by atoms with Crippen LogP contribution >= 0.6 is 0 Å². The zero-order valence-corrected chi connectivity index (χ0v) is 12.3. The maximum absolute atomic E-state index is 12.7. The van der Waals surface area contributed by atoms with E-state index >= 15 is 0 Å². The number of aryl methyl sites for hydroxylation is 1. The lowest BCUT2D eigenvalue weighted by atomic mass is 10.4. The van der Waals surface area contributed by atoms with E-state index in [-0.39, 0.29) is 5.88 Å². The maximum Gasteiger partial charge on any atom is 0.340 e. The van der Waals surface area contributed by atoms with E-state index in [2.05, 4.69) is 20.0 Å². The number of hydrogen-bond acceptors (Lipinski definition) is 4. The minimum absolute atomic E-state index is 0.147. The first-order valence-corrected chi connectivity index (χ1v) is 6.91. The van der Waals surface area contributed by atoms with Gasteiger partial charge in [-0.15, -0.1) is 0 Å². The highest BCUT2D eigenvalue weighted by molar-refractivity contribution is 5.42. The van der Waals surface area contributed by atoms with E-state index in [0.29, 0.717) is 12.2 Å². The minimum Gasteiger partial charge on any atom is -0.471 e. The summed E-state index contributed by atoms with van der Waals surface area (Å²) < 4.78 is 56.0. The van der Waals surface area contributed by atoms with Gasteiger partial charge in [-0.25, -0.2) is 18.7 Å². The molecule has 0 saturated carbocycles. The number of rotatable bonds is 8. The number of imidazole rings is 1. The number of alkyl halides is 4. The predicted octanol–water partition coefficient (Wildman–Crippen LogP) is 3.19. The molecule has 0 bridgehead atoms. The van der Waals surface area contributed by atoms with Gasteiger partial charge in [-0.05, 0) is 13.0 Å². The summed E-state index contributed by atoms with van der Waals surface area (Å²) in [5.74, 6) is -3.51. The smallest absolute Gasteiger partial charge is 0.340 e. The van der Waals surface area contributed by atoms with Crippen LogP contribution in [0.3, 0.4) is 0 Å². The lowest BCUT2D eigenvalue weighted by molar-refractivity contribution is -0.148. The van der Waals surface area contributed by atoms with Crippen molar-refractivity contribution in [1.82, 2.24) is 14.5 Å². The molecule has 2 heterocycles. The molecule has 0 aliphatic rings. The summed E-state index contributed by atoms with van der Waals surface area (Å²) >= 11 is 0. The molecule has 2 rings (SSSR count). The number of pyridine rings is 1. The number of aromatic nitrogens is 3. The Bertz CT molecular complexity index is 615. The largest absolute Gasteiger partial charge is 0.471 e.